The molecule has 1 aliphatic heterocycles. The van der Waals surface area contributed by atoms with Crippen LogP contribution in [0.5, 0.6) is 0 Å². The van der Waals surface area contributed by atoms with E-state index in [4.69, 9.17) is 4.74 Å². The van der Waals surface area contributed by atoms with E-state index < -0.39 is 0 Å². The lowest BCUT2D eigenvalue weighted by Gasteiger charge is -2.31. The molecule has 0 spiro atoms. The molecule has 0 saturated heterocycles. The highest BCUT2D eigenvalue weighted by molar-refractivity contribution is 5.89. The van der Waals surface area contributed by atoms with Crippen LogP contribution in [0, 0.1) is 5.92 Å². The van der Waals surface area contributed by atoms with E-state index in [0.29, 0.717) is 0 Å². The summed E-state index contributed by atoms with van der Waals surface area (Å²) in [5, 5.41) is 0. The lowest BCUT2D eigenvalue weighted by atomic mass is 9.89. The van der Waals surface area contributed by atoms with Crippen LogP contribution >= 0.6 is 0 Å². The third-order valence-electron chi connectivity index (χ3n) is 3.58. The number of hydrogen-bond acceptors (Lipinski definition) is 3. The van der Waals surface area contributed by atoms with E-state index in [0.717, 1.165) is 30.8 Å². The molecule has 3 heteroatoms. The molecule has 1 aromatic rings. The monoisotopic (exact) mass is 273 g/mol. The summed E-state index contributed by atoms with van der Waals surface area (Å²) in [6, 6.07) is 10.1. The fraction of sp³-hybridized carbons (Fsp3) is 0.471. The molecule has 3 nitrogen and oxygen atoms in total. The molecule has 1 aromatic carbocycles. The van der Waals surface area contributed by atoms with Crippen LogP contribution < -0.4 is 0 Å². The zero-order valence-corrected chi connectivity index (χ0v) is 12.5. The molecule has 1 unspecified atom stereocenters. The van der Waals surface area contributed by atoms with Gasteiger partial charge in [-0.05, 0) is 31.5 Å². The molecule has 0 radical (unpaired) electrons. The number of benzene rings is 1. The number of carbonyl (C=O) groups excluding carboxylic acids is 1. The van der Waals surface area contributed by atoms with Crippen molar-refractivity contribution in [2.45, 2.75) is 26.9 Å². The Morgan fingerprint density at radius 2 is 2.05 bits per heavy atom. The summed E-state index contributed by atoms with van der Waals surface area (Å²) in [4.78, 5) is 14.6. The van der Waals surface area contributed by atoms with Crippen LogP contribution in [0.3, 0.4) is 0 Å². The first-order valence-corrected chi connectivity index (χ1v) is 7.30. The molecule has 1 atom stereocenters. The molecular formula is C17H23NO2. The van der Waals surface area contributed by atoms with Crippen LogP contribution in [-0.4, -0.2) is 36.6 Å². The first-order chi connectivity index (χ1) is 9.61. The summed E-state index contributed by atoms with van der Waals surface area (Å²) in [5.41, 5.74) is 2.22. The Bertz CT molecular complexity index is 479. The van der Waals surface area contributed by atoms with Crippen molar-refractivity contribution < 1.29 is 9.53 Å². The Hall–Kier alpha value is -1.61. The van der Waals surface area contributed by atoms with Gasteiger partial charge in [-0.1, -0.05) is 43.3 Å². The number of rotatable bonds is 4. The first-order valence-electron chi connectivity index (χ1n) is 7.30. The van der Waals surface area contributed by atoms with Gasteiger partial charge < -0.3 is 4.74 Å². The number of esters is 1. The Morgan fingerprint density at radius 1 is 1.35 bits per heavy atom. The molecule has 0 aromatic heterocycles. The second-order valence-electron chi connectivity index (χ2n) is 5.42. The average molecular weight is 273 g/mol. The maximum Gasteiger partial charge on any atom is 0.314 e. The zero-order chi connectivity index (χ0) is 14.5. The van der Waals surface area contributed by atoms with Crippen molar-refractivity contribution in [2.24, 2.45) is 5.92 Å². The third kappa shape index (κ3) is 3.48. The zero-order valence-electron chi connectivity index (χ0n) is 12.5. The average Bonchev–Trinajstić information content (AvgIpc) is 2.46. The van der Waals surface area contributed by atoms with Gasteiger partial charge in [0.25, 0.3) is 0 Å². The second kappa shape index (κ2) is 6.71. The van der Waals surface area contributed by atoms with Gasteiger partial charge in [0.15, 0.2) is 0 Å². The first kappa shape index (κ1) is 14.8. The van der Waals surface area contributed by atoms with Crippen LogP contribution in [-0.2, 0) is 9.53 Å². The predicted molar refractivity (Wildman–Crippen MR) is 81.3 cm³/mol. The topological polar surface area (TPSA) is 29.5 Å². The highest BCUT2D eigenvalue weighted by atomic mass is 16.5. The number of nitrogens with zero attached hydrogens (tertiary/aromatic N) is 1. The van der Waals surface area contributed by atoms with Gasteiger partial charge in [-0.3, -0.25) is 9.69 Å². The lowest BCUT2D eigenvalue weighted by Crippen LogP contribution is -2.39. The van der Waals surface area contributed by atoms with E-state index in [9.17, 15) is 4.79 Å². The van der Waals surface area contributed by atoms with E-state index in [1.807, 2.05) is 32.0 Å². The summed E-state index contributed by atoms with van der Waals surface area (Å²) in [5.74, 6) is -0.304. The van der Waals surface area contributed by atoms with Crippen molar-refractivity contribution in [3.05, 3.63) is 42.0 Å². The second-order valence-corrected chi connectivity index (χ2v) is 5.42. The Kier molecular flexibility index (Phi) is 4.96. The highest BCUT2D eigenvalue weighted by Gasteiger charge is 2.30. The summed E-state index contributed by atoms with van der Waals surface area (Å²) >= 11 is 0. The van der Waals surface area contributed by atoms with Crippen molar-refractivity contribution in [2.75, 3.05) is 19.6 Å². The number of hydrogen-bond donors (Lipinski definition) is 0. The number of ether oxygens (including phenoxy) is 1. The summed E-state index contributed by atoms with van der Waals surface area (Å²) in [6.07, 6.45) is 2.09. The van der Waals surface area contributed by atoms with Crippen molar-refractivity contribution in [3.8, 4) is 0 Å². The van der Waals surface area contributed by atoms with Gasteiger partial charge in [0.1, 0.15) is 0 Å². The van der Waals surface area contributed by atoms with Gasteiger partial charge in [0.05, 0.1) is 12.0 Å². The highest BCUT2D eigenvalue weighted by Crippen LogP contribution is 2.29. The third-order valence-corrected chi connectivity index (χ3v) is 3.58. The minimum Gasteiger partial charge on any atom is -0.462 e. The maximum atomic E-state index is 12.4. The standard InChI is InChI=1S/C17H23NO2/c1-4-18-11-10-15(14-8-6-5-7-9-14)16(12-18)17(19)20-13(2)3/h5-10,13,16H,4,11-12H2,1-3H3. The van der Waals surface area contributed by atoms with Gasteiger partial charge in [0, 0.05) is 13.1 Å². The minimum atomic E-state index is -0.187. The van der Waals surface area contributed by atoms with Crippen molar-refractivity contribution >= 4 is 11.5 Å². The van der Waals surface area contributed by atoms with Crippen LogP contribution in [0.1, 0.15) is 26.3 Å². The number of likely N-dealkylation sites (N-methyl/N-ethyl adjacent to an activating group) is 1. The van der Waals surface area contributed by atoms with Crippen molar-refractivity contribution in [3.63, 3.8) is 0 Å². The largest absolute Gasteiger partial charge is 0.462 e. The molecule has 0 aliphatic carbocycles. The quantitative estimate of drug-likeness (QED) is 0.790. The lowest BCUT2D eigenvalue weighted by molar-refractivity contribution is -0.150. The fourth-order valence-electron chi connectivity index (χ4n) is 2.52. The molecule has 1 heterocycles. The molecule has 0 amide bonds. The van der Waals surface area contributed by atoms with E-state index in [1.165, 1.54) is 0 Å². The van der Waals surface area contributed by atoms with Gasteiger partial charge in [-0.15, -0.1) is 0 Å². The summed E-state index contributed by atoms with van der Waals surface area (Å²) in [7, 11) is 0. The van der Waals surface area contributed by atoms with Crippen LogP contribution in [0.15, 0.2) is 36.4 Å². The molecule has 2 rings (SSSR count). The van der Waals surface area contributed by atoms with E-state index in [2.05, 4.69) is 30.0 Å². The van der Waals surface area contributed by atoms with E-state index in [1.54, 1.807) is 0 Å². The summed E-state index contributed by atoms with van der Waals surface area (Å²) in [6.45, 7) is 8.49. The Balaban J connectivity index is 2.26. The normalized spacial score (nSPS) is 19.8. The van der Waals surface area contributed by atoms with Gasteiger partial charge in [-0.25, -0.2) is 0 Å². The van der Waals surface area contributed by atoms with Crippen LogP contribution in [0.25, 0.3) is 5.57 Å². The molecule has 108 valence electrons. The summed E-state index contributed by atoms with van der Waals surface area (Å²) < 4.78 is 5.43. The predicted octanol–water partition coefficient (Wildman–Crippen LogP) is 2.97. The van der Waals surface area contributed by atoms with Crippen LogP contribution in [0.4, 0.5) is 0 Å². The smallest absolute Gasteiger partial charge is 0.314 e. The van der Waals surface area contributed by atoms with E-state index >= 15 is 0 Å². The molecule has 20 heavy (non-hydrogen) atoms. The fourth-order valence-corrected chi connectivity index (χ4v) is 2.52. The van der Waals surface area contributed by atoms with Gasteiger partial charge >= 0.3 is 5.97 Å². The Labute approximate surface area is 121 Å². The van der Waals surface area contributed by atoms with E-state index in [-0.39, 0.29) is 18.0 Å². The molecular weight excluding hydrogens is 250 g/mol. The number of carbonyl (C=O) groups is 1. The minimum absolute atomic E-state index is 0.0727. The molecule has 0 fully saturated rings. The maximum absolute atomic E-state index is 12.4. The van der Waals surface area contributed by atoms with Gasteiger partial charge in [0.2, 0.25) is 0 Å². The van der Waals surface area contributed by atoms with Gasteiger partial charge in [-0.2, -0.15) is 0 Å². The molecule has 1 aliphatic rings. The molecule has 0 bridgehead atoms. The SMILES string of the molecule is CCN1CC=C(c2ccccc2)C(C(=O)OC(C)C)C1. The van der Waals surface area contributed by atoms with Crippen molar-refractivity contribution in [1.29, 1.82) is 0 Å². The Morgan fingerprint density at radius 3 is 2.65 bits per heavy atom. The molecule has 0 N–H and O–H groups in total. The van der Waals surface area contributed by atoms with Crippen molar-refractivity contribution in [1.82, 2.24) is 4.90 Å². The molecule has 0 saturated carbocycles. The van der Waals surface area contributed by atoms with Crippen LogP contribution in [0.2, 0.25) is 0 Å².